The molecule has 0 N–H and O–H groups in total. The molecular formula is C18H14BrF3N6O2. The first-order valence-corrected chi connectivity index (χ1v) is 9.62. The summed E-state index contributed by atoms with van der Waals surface area (Å²) in [5, 5.41) is 3.35. The number of hydrogen-bond acceptors (Lipinski definition) is 7. The van der Waals surface area contributed by atoms with Gasteiger partial charge < -0.3 is 14.3 Å². The van der Waals surface area contributed by atoms with Crippen molar-refractivity contribution in [3.05, 3.63) is 52.7 Å². The van der Waals surface area contributed by atoms with Gasteiger partial charge in [-0.1, -0.05) is 5.16 Å². The number of nitrogens with zero attached hydrogens (tertiary/aromatic N) is 6. The normalized spacial score (nSPS) is 14.8. The van der Waals surface area contributed by atoms with Crippen LogP contribution in [0.2, 0.25) is 0 Å². The van der Waals surface area contributed by atoms with Gasteiger partial charge in [0.2, 0.25) is 5.82 Å². The second-order valence-electron chi connectivity index (χ2n) is 6.50. The molecule has 0 bridgehead atoms. The SMILES string of the molecule is O=C(c1cncc(Br)c1)N1CCN(c2ccc(-c3noc(C(F)(F)F)n3)cn2)CC1. The summed E-state index contributed by atoms with van der Waals surface area (Å²) in [6, 6.07) is 4.98. The van der Waals surface area contributed by atoms with Crippen LogP contribution in [0.15, 0.2) is 45.8 Å². The second kappa shape index (κ2) is 8.01. The van der Waals surface area contributed by atoms with E-state index in [9.17, 15) is 18.0 Å². The molecule has 3 aromatic heterocycles. The maximum atomic E-state index is 12.6. The van der Waals surface area contributed by atoms with Crippen LogP contribution in [-0.4, -0.2) is 57.1 Å². The molecule has 1 aliphatic heterocycles. The molecule has 0 atom stereocenters. The van der Waals surface area contributed by atoms with Gasteiger partial charge in [-0.3, -0.25) is 9.78 Å². The highest BCUT2D eigenvalue weighted by molar-refractivity contribution is 9.10. The first-order valence-electron chi connectivity index (χ1n) is 8.83. The lowest BCUT2D eigenvalue weighted by Crippen LogP contribution is -2.49. The van der Waals surface area contributed by atoms with Crippen LogP contribution in [0.4, 0.5) is 19.0 Å². The number of hydrogen-bond donors (Lipinski definition) is 0. The standard InChI is InChI=1S/C18H14BrF3N6O2/c19-13-7-12(8-23-10-13)16(29)28-5-3-27(4-6-28)14-2-1-11(9-24-14)15-25-17(30-26-15)18(20,21)22/h1-2,7-10H,3-6H2. The Labute approximate surface area is 176 Å². The number of pyridine rings is 2. The lowest BCUT2D eigenvalue weighted by atomic mass is 10.2. The van der Waals surface area contributed by atoms with Crippen LogP contribution >= 0.6 is 15.9 Å². The first kappa shape index (κ1) is 20.3. The lowest BCUT2D eigenvalue weighted by molar-refractivity contribution is -0.159. The van der Waals surface area contributed by atoms with Crippen molar-refractivity contribution in [2.75, 3.05) is 31.1 Å². The van der Waals surface area contributed by atoms with Gasteiger partial charge in [0.1, 0.15) is 5.82 Å². The van der Waals surface area contributed by atoms with Crippen LogP contribution in [0, 0.1) is 0 Å². The maximum absolute atomic E-state index is 12.6. The number of piperazine rings is 1. The maximum Gasteiger partial charge on any atom is 0.471 e. The third kappa shape index (κ3) is 4.27. The Hall–Kier alpha value is -3.02. The Bertz CT molecular complexity index is 1050. The van der Waals surface area contributed by atoms with Crippen molar-refractivity contribution in [1.29, 1.82) is 0 Å². The Morgan fingerprint density at radius 1 is 1.10 bits per heavy atom. The predicted octanol–water partition coefficient (Wildman–Crippen LogP) is 3.27. The summed E-state index contributed by atoms with van der Waals surface area (Å²) in [5.74, 6) is -1.03. The Kier molecular flexibility index (Phi) is 5.41. The molecule has 156 valence electrons. The highest BCUT2D eigenvalue weighted by Gasteiger charge is 2.38. The van der Waals surface area contributed by atoms with E-state index in [-0.39, 0.29) is 11.7 Å². The summed E-state index contributed by atoms with van der Waals surface area (Å²) in [5.41, 5.74) is 0.826. The number of amides is 1. The molecule has 0 spiro atoms. The molecule has 0 aromatic carbocycles. The molecular weight excluding hydrogens is 469 g/mol. The number of carbonyl (C=O) groups is 1. The number of halogens is 4. The number of aromatic nitrogens is 4. The molecule has 3 aromatic rings. The summed E-state index contributed by atoms with van der Waals surface area (Å²) in [7, 11) is 0. The van der Waals surface area contributed by atoms with Crippen molar-refractivity contribution in [1.82, 2.24) is 25.0 Å². The lowest BCUT2D eigenvalue weighted by Gasteiger charge is -2.35. The van der Waals surface area contributed by atoms with Crippen molar-refractivity contribution in [2.24, 2.45) is 0 Å². The average Bonchev–Trinajstić information content (AvgIpc) is 3.24. The molecule has 1 amide bonds. The molecule has 1 aliphatic rings. The van der Waals surface area contributed by atoms with E-state index >= 15 is 0 Å². The zero-order chi connectivity index (χ0) is 21.3. The Morgan fingerprint density at radius 3 is 2.47 bits per heavy atom. The molecule has 0 radical (unpaired) electrons. The molecule has 1 saturated heterocycles. The van der Waals surface area contributed by atoms with Gasteiger partial charge in [-0.15, -0.1) is 0 Å². The molecule has 0 aliphatic carbocycles. The van der Waals surface area contributed by atoms with E-state index in [0.717, 1.165) is 4.47 Å². The van der Waals surface area contributed by atoms with Crippen LogP contribution in [0.1, 0.15) is 16.2 Å². The smallest absolute Gasteiger partial charge is 0.353 e. The minimum absolute atomic E-state index is 0.0932. The number of carbonyl (C=O) groups excluding carboxylic acids is 1. The largest absolute Gasteiger partial charge is 0.471 e. The molecule has 4 rings (SSSR count). The van der Waals surface area contributed by atoms with Crippen molar-refractivity contribution in [3.63, 3.8) is 0 Å². The van der Waals surface area contributed by atoms with Crippen molar-refractivity contribution >= 4 is 27.7 Å². The summed E-state index contributed by atoms with van der Waals surface area (Å²) in [4.78, 5) is 28.0. The molecule has 8 nitrogen and oxygen atoms in total. The molecule has 0 unspecified atom stereocenters. The summed E-state index contributed by atoms with van der Waals surface area (Å²) >= 11 is 3.31. The monoisotopic (exact) mass is 482 g/mol. The fraction of sp³-hybridized carbons (Fsp3) is 0.278. The van der Waals surface area contributed by atoms with Gasteiger partial charge in [0.25, 0.3) is 5.91 Å². The van der Waals surface area contributed by atoms with Crippen molar-refractivity contribution < 1.29 is 22.5 Å². The second-order valence-corrected chi connectivity index (χ2v) is 7.41. The van der Waals surface area contributed by atoms with E-state index in [1.165, 1.54) is 12.4 Å². The van der Waals surface area contributed by atoms with E-state index in [4.69, 9.17) is 0 Å². The van der Waals surface area contributed by atoms with Crippen molar-refractivity contribution in [3.8, 4) is 11.4 Å². The van der Waals surface area contributed by atoms with E-state index in [0.29, 0.717) is 43.1 Å². The van der Waals surface area contributed by atoms with Gasteiger partial charge in [-0.2, -0.15) is 18.2 Å². The first-order chi connectivity index (χ1) is 14.3. The Balaban J connectivity index is 1.39. The summed E-state index contributed by atoms with van der Waals surface area (Å²) in [6.07, 6.45) is -0.156. The average molecular weight is 483 g/mol. The van der Waals surface area contributed by atoms with Gasteiger partial charge in [-0.05, 0) is 34.1 Å². The van der Waals surface area contributed by atoms with E-state index in [1.807, 2.05) is 4.90 Å². The van der Waals surface area contributed by atoms with Gasteiger partial charge >= 0.3 is 12.1 Å². The highest BCUT2D eigenvalue weighted by atomic mass is 79.9. The summed E-state index contributed by atoms with van der Waals surface area (Å²) < 4.78 is 42.7. The van der Waals surface area contributed by atoms with Crippen LogP contribution in [0.5, 0.6) is 0 Å². The highest BCUT2D eigenvalue weighted by Crippen LogP contribution is 2.29. The summed E-state index contributed by atoms with van der Waals surface area (Å²) in [6.45, 7) is 2.16. The van der Waals surface area contributed by atoms with Gasteiger partial charge in [0.05, 0.1) is 5.56 Å². The Morgan fingerprint density at radius 2 is 1.87 bits per heavy atom. The van der Waals surface area contributed by atoms with Crippen LogP contribution in [-0.2, 0) is 6.18 Å². The molecule has 0 saturated carbocycles. The molecule has 30 heavy (non-hydrogen) atoms. The zero-order valence-electron chi connectivity index (χ0n) is 15.3. The number of alkyl halides is 3. The van der Waals surface area contributed by atoms with E-state index in [1.54, 1.807) is 29.3 Å². The van der Waals surface area contributed by atoms with E-state index in [2.05, 4.69) is 40.6 Å². The van der Waals surface area contributed by atoms with Crippen molar-refractivity contribution in [2.45, 2.75) is 6.18 Å². The fourth-order valence-corrected chi connectivity index (χ4v) is 3.38. The molecule has 12 heteroatoms. The van der Waals surface area contributed by atoms with E-state index < -0.39 is 12.1 Å². The predicted molar refractivity (Wildman–Crippen MR) is 103 cm³/mol. The fourth-order valence-electron chi connectivity index (χ4n) is 3.01. The third-order valence-electron chi connectivity index (χ3n) is 4.52. The van der Waals surface area contributed by atoms with Gasteiger partial charge in [-0.25, -0.2) is 4.98 Å². The van der Waals surface area contributed by atoms with Gasteiger partial charge in [0, 0.05) is 54.8 Å². The zero-order valence-corrected chi connectivity index (χ0v) is 16.9. The quantitative estimate of drug-likeness (QED) is 0.565. The molecule has 4 heterocycles. The van der Waals surface area contributed by atoms with Crippen LogP contribution < -0.4 is 4.90 Å². The van der Waals surface area contributed by atoms with Crippen LogP contribution in [0.3, 0.4) is 0 Å². The van der Waals surface area contributed by atoms with Crippen LogP contribution in [0.25, 0.3) is 11.4 Å². The minimum Gasteiger partial charge on any atom is -0.353 e. The topological polar surface area (TPSA) is 88.3 Å². The number of rotatable bonds is 3. The minimum atomic E-state index is -4.69. The third-order valence-corrected chi connectivity index (χ3v) is 4.95. The van der Waals surface area contributed by atoms with Gasteiger partial charge in [0.15, 0.2) is 0 Å². The number of anilines is 1. The molecule has 1 fully saturated rings.